The SMILES string of the molecule is CC(C(=O)O)C(C)n1nnnc1-c1cc2sccc2s1. The van der Waals surface area contributed by atoms with Gasteiger partial charge in [-0.2, -0.15) is 0 Å². The summed E-state index contributed by atoms with van der Waals surface area (Å²) in [6.07, 6.45) is 0. The van der Waals surface area contributed by atoms with E-state index in [1.807, 2.05) is 18.4 Å². The van der Waals surface area contributed by atoms with Crippen LogP contribution in [0.2, 0.25) is 0 Å². The van der Waals surface area contributed by atoms with Gasteiger partial charge in [-0.25, -0.2) is 4.68 Å². The molecule has 0 radical (unpaired) electrons. The van der Waals surface area contributed by atoms with Crippen molar-refractivity contribution in [1.82, 2.24) is 20.2 Å². The van der Waals surface area contributed by atoms with Crippen molar-refractivity contribution in [2.24, 2.45) is 5.92 Å². The molecule has 0 aromatic carbocycles. The molecule has 6 nitrogen and oxygen atoms in total. The summed E-state index contributed by atoms with van der Waals surface area (Å²) in [5.41, 5.74) is 0. The fourth-order valence-electron chi connectivity index (χ4n) is 1.92. The molecule has 3 heterocycles. The number of carbonyl (C=O) groups is 1. The molecule has 0 amide bonds. The minimum atomic E-state index is -0.855. The maximum Gasteiger partial charge on any atom is 0.308 e. The average molecular weight is 308 g/mol. The smallest absolute Gasteiger partial charge is 0.308 e. The van der Waals surface area contributed by atoms with E-state index in [1.165, 1.54) is 9.40 Å². The third kappa shape index (κ3) is 2.10. The van der Waals surface area contributed by atoms with E-state index < -0.39 is 11.9 Å². The Morgan fingerprint density at radius 3 is 2.90 bits per heavy atom. The highest BCUT2D eigenvalue weighted by atomic mass is 32.1. The van der Waals surface area contributed by atoms with Gasteiger partial charge in [-0.1, -0.05) is 0 Å². The predicted molar refractivity (Wildman–Crippen MR) is 78.0 cm³/mol. The molecular weight excluding hydrogens is 296 g/mol. The van der Waals surface area contributed by atoms with Crippen LogP contribution in [0.3, 0.4) is 0 Å². The van der Waals surface area contributed by atoms with Crippen molar-refractivity contribution in [3.8, 4) is 10.7 Å². The van der Waals surface area contributed by atoms with Gasteiger partial charge >= 0.3 is 5.97 Å². The fourth-order valence-corrected chi connectivity index (χ4v) is 4.01. The molecule has 2 unspecified atom stereocenters. The molecule has 0 bridgehead atoms. The quantitative estimate of drug-likeness (QED) is 0.801. The van der Waals surface area contributed by atoms with Gasteiger partial charge in [0.1, 0.15) is 0 Å². The fraction of sp³-hybridized carbons (Fsp3) is 0.333. The zero-order valence-electron chi connectivity index (χ0n) is 10.8. The summed E-state index contributed by atoms with van der Waals surface area (Å²) < 4.78 is 3.98. The molecule has 0 aliphatic rings. The lowest BCUT2D eigenvalue weighted by atomic mass is 10.0. The minimum absolute atomic E-state index is 0.308. The summed E-state index contributed by atoms with van der Waals surface area (Å²) in [4.78, 5) is 12.1. The molecule has 0 fully saturated rings. The Balaban J connectivity index is 2.01. The first-order chi connectivity index (χ1) is 9.58. The van der Waals surface area contributed by atoms with Gasteiger partial charge < -0.3 is 5.11 Å². The summed E-state index contributed by atoms with van der Waals surface area (Å²) in [5, 5.41) is 22.9. The lowest BCUT2D eigenvalue weighted by Crippen LogP contribution is -2.23. The first-order valence-corrected chi connectivity index (χ1v) is 7.75. The molecule has 0 aliphatic carbocycles. The second-order valence-electron chi connectivity index (χ2n) is 4.57. The van der Waals surface area contributed by atoms with Gasteiger partial charge in [-0.05, 0) is 41.8 Å². The number of aromatic nitrogens is 4. The highest BCUT2D eigenvalue weighted by Gasteiger charge is 2.25. The van der Waals surface area contributed by atoms with Crippen LogP contribution in [-0.4, -0.2) is 31.3 Å². The molecule has 1 N–H and O–H groups in total. The maximum atomic E-state index is 11.1. The van der Waals surface area contributed by atoms with E-state index in [-0.39, 0.29) is 6.04 Å². The number of aliphatic carboxylic acids is 1. The largest absolute Gasteiger partial charge is 0.481 e. The molecule has 0 saturated heterocycles. The van der Waals surface area contributed by atoms with Gasteiger partial charge in [-0.15, -0.1) is 27.8 Å². The van der Waals surface area contributed by atoms with Crippen molar-refractivity contribution in [3.63, 3.8) is 0 Å². The molecule has 3 rings (SSSR count). The second-order valence-corrected chi connectivity index (χ2v) is 6.61. The number of rotatable bonds is 4. The van der Waals surface area contributed by atoms with Gasteiger partial charge in [0.25, 0.3) is 0 Å². The Labute approximate surface area is 122 Å². The Morgan fingerprint density at radius 2 is 2.20 bits per heavy atom. The normalized spacial score (nSPS) is 14.5. The molecular formula is C12H12N4O2S2. The van der Waals surface area contributed by atoms with Gasteiger partial charge in [-0.3, -0.25) is 4.79 Å². The highest BCUT2D eigenvalue weighted by molar-refractivity contribution is 7.28. The van der Waals surface area contributed by atoms with Crippen molar-refractivity contribution in [2.75, 3.05) is 0 Å². The van der Waals surface area contributed by atoms with Crippen LogP contribution < -0.4 is 0 Å². The standard InChI is InChI=1S/C12H12N4O2S2/c1-6(12(17)18)7(2)16-11(13-14-15-16)10-5-9-8(20-10)3-4-19-9/h3-7H,1-2H3,(H,17,18). The number of carboxylic acids is 1. The minimum Gasteiger partial charge on any atom is -0.481 e. The molecule has 0 spiro atoms. The van der Waals surface area contributed by atoms with Crippen molar-refractivity contribution < 1.29 is 9.90 Å². The molecule has 8 heteroatoms. The topological polar surface area (TPSA) is 80.9 Å². The van der Waals surface area contributed by atoms with Crippen LogP contribution in [0.4, 0.5) is 0 Å². The van der Waals surface area contributed by atoms with E-state index in [0.29, 0.717) is 5.82 Å². The number of tetrazole rings is 1. The van der Waals surface area contributed by atoms with E-state index in [4.69, 9.17) is 5.11 Å². The summed E-state index contributed by atoms with van der Waals surface area (Å²) in [6, 6.07) is 3.80. The van der Waals surface area contributed by atoms with Gasteiger partial charge in [0.2, 0.25) is 0 Å². The Kier molecular flexibility index (Phi) is 3.27. The Hall–Kier alpha value is -1.80. The molecule has 3 aromatic heterocycles. The first-order valence-electron chi connectivity index (χ1n) is 6.06. The van der Waals surface area contributed by atoms with Crippen LogP contribution in [0.15, 0.2) is 17.5 Å². The number of hydrogen-bond acceptors (Lipinski definition) is 6. The van der Waals surface area contributed by atoms with Crippen molar-refractivity contribution in [3.05, 3.63) is 17.5 Å². The molecule has 0 aliphatic heterocycles. The molecule has 2 atom stereocenters. The number of hydrogen-bond donors (Lipinski definition) is 1. The number of nitrogens with zero attached hydrogens (tertiary/aromatic N) is 4. The second kappa shape index (κ2) is 4.95. The van der Waals surface area contributed by atoms with E-state index >= 15 is 0 Å². The van der Waals surface area contributed by atoms with Crippen molar-refractivity contribution in [2.45, 2.75) is 19.9 Å². The van der Waals surface area contributed by atoms with Gasteiger partial charge in [0.05, 0.1) is 16.8 Å². The summed E-state index contributed by atoms with van der Waals surface area (Å²) in [6.45, 7) is 3.47. The lowest BCUT2D eigenvalue weighted by Gasteiger charge is -2.16. The van der Waals surface area contributed by atoms with Crippen LogP contribution in [0.25, 0.3) is 20.1 Å². The van der Waals surface area contributed by atoms with Crippen LogP contribution in [0.1, 0.15) is 19.9 Å². The molecule has 3 aromatic rings. The molecule has 20 heavy (non-hydrogen) atoms. The average Bonchev–Trinajstić information content (AvgIpc) is 3.09. The van der Waals surface area contributed by atoms with Crippen molar-refractivity contribution >= 4 is 38.0 Å². The van der Waals surface area contributed by atoms with Crippen LogP contribution >= 0.6 is 22.7 Å². The summed E-state index contributed by atoms with van der Waals surface area (Å²) in [7, 11) is 0. The number of carboxylic acid groups (broad SMARTS) is 1. The number of thiophene rings is 2. The molecule has 104 valence electrons. The van der Waals surface area contributed by atoms with Gasteiger partial charge in [0, 0.05) is 9.40 Å². The number of fused-ring (bicyclic) bond motifs is 1. The zero-order valence-corrected chi connectivity index (χ0v) is 12.5. The van der Waals surface area contributed by atoms with Crippen LogP contribution in [0, 0.1) is 5.92 Å². The first kappa shape index (κ1) is 13.2. The van der Waals surface area contributed by atoms with Crippen molar-refractivity contribution in [1.29, 1.82) is 0 Å². The Bertz CT molecular complexity index is 732. The molecule has 0 saturated carbocycles. The van der Waals surface area contributed by atoms with Gasteiger partial charge in [0.15, 0.2) is 5.82 Å². The van der Waals surface area contributed by atoms with Crippen LogP contribution in [0.5, 0.6) is 0 Å². The predicted octanol–water partition coefficient (Wildman–Crippen LogP) is 2.90. The summed E-state index contributed by atoms with van der Waals surface area (Å²) >= 11 is 3.28. The highest BCUT2D eigenvalue weighted by Crippen LogP contribution is 2.36. The van der Waals surface area contributed by atoms with E-state index in [2.05, 4.69) is 21.6 Å². The Morgan fingerprint density at radius 1 is 1.40 bits per heavy atom. The summed E-state index contributed by atoms with van der Waals surface area (Å²) in [5.74, 6) is -0.788. The van der Waals surface area contributed by atoms with E-state index in [9.17, 15) is 4.79 Å². The third-order valence-corrected chi connectivity index (χ3v) is 5.44. The monoisotopic (exact) mass is 308 g/mol. The lowest BCUT2D eigenvalue weighted by molar-refractivity contribution is -0.142. The van der Waals surface area contributed by atoms with E-state index in [1.54, 1.807) is 34.3 Å². The third-order valence-electron chi connectivity index (χ3n) is 3.35. The maximum absolute atomic E-state index is 11.1. The zero-order chi connectivity index (χ0) is 14.3. The van der Waals surface area contributed by atoms with E-state index in [0.717, 1.165) is 4.88 Å². The van der Waals surface area contributed by atoms with Crippen LogP contribution in [-0.2, 0) is 4.79 Å².